The maximum absolute atomic E-state index is 12.4. The Hall–Kier alpha value is -2.82. The molecule has 2 N–H and O–H groups in total. The number of carbonyl (C=O) groups is 2. The van der Waals surface area contributed by atoms with Gasteiger partial charge in [-0.3, -0.25) is 9.59 Å². The quantitative estimate of drug-likeness (QED) is 0.0673. The van der Waals surface area contributed by atoms with Crippen molar-refractivity contribution in [3.8, 4) is 11.5 Å². The number of hydrogen-bond acceptors (Lipinski definition) is 8. The molecular weight excluding hydrogens is 656 g/mol. The lowest BCUT2D eigenvalue weighted by Gasteiger charge is -2.09. The summed E-state index contributed by atoms with van der Waals surface area (Å²) in [5.41, 5.74) is 1.32. The smallest absolute Gasteiger partial charge is 0.251 e. The highest BCUT2D eigenvalue weighted by Gasteiger charge is 2.12. The monoisotopic (exact) mass is 729 g/mol. The van der Waals surface area contributed by atoms with Crippen LogP contribution in [0.3, 0.4) is 0 Å². The fourth-order valence-corrected chi connectivity index (χ4v) is 5.94. The normalized spacial score (nSPS) is 11.4. The highest BCUT2D eigenvalue weighted by atomic mass is 16.5. The van der Waals surface area contributed by atoms with Crippen molar-refractivity contribution in [1.82, 2.24) is 20.8 Å². The summed E-state index contributed by atoms with van der Waals surface area (Å²) in [6.07, 6.45) is 26.3. The molecule has 0 radical (unpaired) electrons. The molecule has 0 spiro atoms. The van der Waals surface area contributed by atoms with Gasteiger partial charge in [-0.05, 0) is 30.7 Å². The van der Waals surface area contributed by atoms with E-state index in [1.165, 1.54) is 109 Å². The first-order valence-corrected chi connectivity index (χ1v) is 20.7. The molecule has 2 rings (SSSR count). The summed E-state index contributed by atoms with van der Waals surface area (Å²) in [6.45, 7) is 9.87. The second-order valence-electron chi connectivity index (χ2n) is 14.2. The van der Waals surface area contributed by atoms with Crippen molar-refractivity contribution in [2.75, 3.05) is 52.7 Å². The average molecular weight is 729 g/mol. The van der Waals surface area contributed by atoms with Gasteiger partial charge < -0.3 is 29.3 Å². The van der Waals surface area contributed by atoms with E-state index >= 15 is 0 Å². The van der Waals surface area contributed by atoms with Crippen molar-refractivity contribution >= 4 is 11.8 Å². The highest BCUT2D eigenvalue weighted by molar-refractivity contribution is 5.94. The number of ether oxygens (including phenoxy) is 3. The number of hydrogen-bond donors (Lipinski definition) is 2. The van der Waals surface area contributed by atoms with Crippen LogP contribution < -0.4 is 10.6 Å². The largest absolute Gasteiger partial charge is 0.420 e. The van der Waals surface area contributed by atoms with Gasteiger partial charge in [-0.15, -0.1) is 10.2 Å². The Balaban J connectivity index is 1.26. The molecule has 0 saturated carbocycles. The summed E-state index contributed by atoms with van der Waals surface area (Å²) in [7, 11) is 0. The number of nitrogens with zero attached hydrogens (tertiary/aromatic N) is 2. The molecule has 0 unspecified atom stereocenters. The summed E-state index contributed by atoms with van der Waals surface area (Å²) in [5.74, 6) is 1.13. The van der Waals surface area contributed by atoms with Crippen LogP contribution in [0.1, 0.15) is 171 Å². The Morgan fingerprint density at radius 3 is 1.50 bits per heavy atom. The third kappa shape index (κ3) is 23.7. The average Bonchev–Trinajstić information content (AvgIpc) is 3.65. The van der Waals surface area contributed by atoms with Crippen molar-refractivity contribution in [1.29, 1.82) is 0 Å². The predicted octanol–water partition coefficient (Wildman–Crippen LogP) is 9.58. The van der Waals surface area contributed by atoms with Crippen LogP contribution in [0, 0.1) is 0 Å². The Morgan fingerprint density at radius 1 is 0.596 bits per heavy atom. The molecule has 0 saturated heterocycles. The maximum atomic E-state index is 12.4. The van der Waals surface area contributed by atoms with Gasteiger partial charge in [0.05, 0.1) is 39.6 Å². The molecule has 0 aliphatic rings. The molecule has 1 aromatic heterocycles. The first kappa shape index (κ1) is 45.3. The number of rotatable bonds is 35. The van der Waals surface area contributed by atoms with Crippen molar-refractivity contribution in [3.05, 3.63) is 35.7 Å². The van der Waals surface area contributed by atoms with E-state index in [1.54, 1.807) is 24.3 Å². The van der Waals surface area contributed by atoms with Gasteiger partial charge in [0.15, 0.2) is 0 Å². The molecule has 2 amide bonds. The van der Waals surface area contributed by atoms with E-state index in [1.807, 2.05) is 13.8 Å². The summed E-state index contributed by atoms with van der Waals surface area (Å²) >= 11 is 0. The molecule has 0 fully saturated rings. The molecule has 2 aromatic rings. The second-order valence-corrected chi connectivity index (χ2v) is 14.2. The van der Waals surface area contributed by atoms with Crippen molar-refractivity contribution in [2.45, 2.75) is 155 Å². The Labute approximate surface area is 315 Å². The SMILES string of the molecule is CCCCCCCCCCCCCCCCCCCCCC(=O)NCCOCCOCCOCCNC(=O)c1ccc(-c2nnc(C(C)C)o2)cc1. The minimum Gasteiger partial charge on any atom is -0.420 e. The lowest BCUT2D eigenvalue weighted by atomic mass is 10.0. The molecule has 1 aromatic carbocycles. The van der Waals surface area contributed by atoms with Gasteiger partial charge in [-0.25, -0.2) is 0 Å². The van der Waals surface area contributed by atoms with Crippen LogP contribution in [0.2, 0.25) is 0 Å². The van der Waals surface area contributed by atoms with Crippen molar-refractivity contribution < 1.29 is 28.2 Å². The van der Waals surface area contributed by atoms with Gasteiger partial charge in [-0.1, -0.05) is 136 Å². The second kappa shape index (κ2) is 31.7. The lowest BCUT2D eigenvalue weighted by molar-refractivity contribution is -0.121. The third-order valence-corrected chi connectivity index (χ3v) is 9.18. The van der Waals surface area contributed by atoms with E-state index in [2.05, 4.69) is 27.8 Å². The molecule has 10 nitrogen and oxygen atoms in total. The van der Waals surface area contributed by atoms with Gasteiger partial charge >= 0.3 is 0 Å². The minimum atomic E-state index is -0.172. The number of carbonyl (C=O) groups excluding carboxylic acids is 2. The Kier molecular flexibility index (Phi) is 27.6. The first-order valence-electron chi connectivity index (χ1n) is 20.7. The zero-order valence-corrected chi connectivity index (χ0v) is 33.0. The van der Waals surface area contributed by atoms with Gasteiger partial charge in [-0.2, -0.15) is 0 Å². The maximum Gasteiger partial charge on any atom is 0.251 e. The van der Waals surface area contributed by atoms with Crippen LogP contribution in [0.25, 0.3) is 11.5 Å². The first-order chi connectivity index (χ1) is 25.5. The molecule has 0 aliphatic heterocycles. The standard InChI is InChI=1S/C42H72N4O6/c1-4-5-6-7-8-9-10-11-12-13-14-15-16-17-18-19-20-21-22-23-39(47)43-28-30-49-32-34-51-35-33-50-31-29-44-40(48)37-24-26-38(27-25-37)42-46-45-41(52-42)36(2)3/h24-27,36H,4-23,28-35H2,1-3H3,(H,43,47)(H,44,48). The molecule has 0 atom stereocenters. The van der Waals surface area contributed by atoms with Crippen LogP contribution in [-0.2, 0) is 19.0 Å². The van der Waals surface area contributed by atoms with Crippen LogP contribution in [-0.4, -0.2) is 74.7 Å². The Morgan fingerprint density at radius 2 is 1.04 bits per heavy atom. The number of nitrogens with one attached hydrogen (secondary N) is 2. The van der Waals surface area contributed by atoms with E-state index in [4.69, 9.17) is 18.6 Å². The van der Waals surface area contributed by atoms with E-state index in [0.717, 1.165) is 18.4 Å². The molecule has 1 heterocycles. The molecule has 296 valence electrons. The van der Waals surface area contributed by atoms with Gasteiger partial charge in [0.25, 0.3) is 5.91 Å². The zero-order valence-electron chi connectivity index (χ0n) is 33.0. The van der Waals surface area contributed by atoms with E-state index < -0.39 is 0 Å². The zero-order chi connectivity index (χ0) is 37.3. The molecule has 52 heavy (non-hydrogen) atoms. The molecule has 0 aliphatic carbocycles. The van der Waals surface area contributed by atoms with Crippen LogP contribution in [0.15, 0.2) is 28.7 Å². The van der Waals surface area contributed by atoms with Crippen LogP contribution in [0.4, 0.5) is 0 Å². The fraction of sp³-hybridized carbons (Fsp3) is 0.762. The third-order valence-electron chi connectivity index (χ3n) is 9.18. The summed E-state index contributed by atoms with van der Waals surface area (Å²) in [4.78, 5) is 24.5. The summed E-state index contributed by atoms with van der Waals surface area (Å²) in [6, 6.07) is 7.06. The summed E-state index contributed by atoms with van der Waals surface area (Å²) in [5, 5.41) is 13.9. The number of benzene rings is 1. The van der Waals surface area contributed by atoms with Crippen LogP contribution >= 0.6 is 0 Å². The van der Waals surface area contributed by atoms with E-state index in [0.29, 0.717) is 76.5 Å². The van der Waals surface area contributed by atoms with Gasteiger partial charge in [0, 0.05) is 36.6 Å². The van der Waals surface area contributed by atoms with Crippen LogP contribution in [0.5, 0.6) is 0 Å². The Bertz CT molecular complexity index is 1140. The number of unbranched alkanes of at least 4 members (excludes halogenated alkanes) is 18. The molecular formula is C42H72N4O6. The summed E-state index contributed by atoms with van der Waals surface area (Å²) < 4.78 is 22.3. The molecule has 0 bridgehead atoms. The van der Waals surface area contributed by atoms with Gasteiger partial charge in [0.1, 0.15) is 0 Å². The number of aromatic nitrogens is 2. The molecule has 10 heteroatoms. The predicted molar refractivity (Wildman–Crippen MR) is 210 cm³/mol. The van der Waals surface area contributed by atoms with E-state index in [-0.39, 0.29) is 17.7 Å². The lowest BCUT2D eigenvalue weighted by Crippen LogP contribution is -2.27. The topological polar surface area (TPSA) is 125 Å². The fourth-order valence-electron chi connectivity index (χ4n) is 5.94. The van der Waals surface area contributed by atoms with Crippen molar-refractivity contribution in [3.63, 3.8) is 0 Å². The highest BCUT2D eigenvalue weighted by Crippen LogP contribution is 2.22. The van der Waals surface area contributed by atoms with Crippen molar-refractivity contribution in [2.24, 2.45) is 0 Å². The minimum absolute atomic E-state index is 0.110. The number of amides is 2. The van der Waals surface area contributed by atoms with Gasteiger partial charge in [0.2, 0.25) is 17.7 Å². The van der Waals surface area contributed by atoms with E-state index in [9.17, 15) is 9.59 Å².